The highest BCUT2D eigenvalue weighted by Gasteiger charge is 2.34. The lowest BCUT2D eigenvalue weighted by molar-refractivity contribution is -0.132. The molecular formula is C28H25ClN6O4S. The number of nitrogens with one attached hydrogen (secondary N) is 2. The molecule has 0 spiro atoms. The Balaban J connectivity index is 1.24. The van der Waals surface area contributed by atoms with E-state index in [9.17, 15) is 14.4 Å². The summed E-state index contributed by atoms with van der Waals surface area (Å²) in [5.41, 5.74) is 1.01. The molecule has 5 heterocycles. The van der Waals surface area contributed by atoms with E-state index in [0.29, 0.717) is 56.9 Å². The quantitative estimate of drug-likeness (QED) is 0.280. The van der Waals surface area contributed by atoms with Gasteiger partial charge in [0.15, 0.2) is 0 Å². The Morgan fingerprint density at radius 3 is 2.75 bits per heavy atom. The maximum absolute atomic E-state index is 13.4. The van der Waals surface area contributed by atoms with Crippen molar-refractivity contribution < 1.29 is 19.1 Å². The van der Waals surface area contributed by atoms with Crippen LogP contribution in [-0.4, -0.2) is 57.7 Å². The predicted octanol–water partition coefficient (Wildman–Crippen LogP) is 5.52. The zero-order chi connectivity index (χ0) is 27.6. The SMILES string of the molecule is O=C(N[C@H]1CCCN(C(=O)CCCl)C1)c1sc2nccc3c2c1NC(=O)N3c1ccc(Oc2ccccc2)cn1. The van der Waals surface area contributed by atoms with Crippen LogP contribution in [-0.2, 0) is 4.79 Å². The van der Waals surface area contributed by atoms with Crippen LogP contribution in [0.5, 0.6) is 11.5 Å². The first-order valence-corrected chi connectivity index (χ1v) is 14.2. The van der Waals surface area contributed by atoms with E-state index in [4.69, 9.17) is 16.3 Å². The van der Waals surface area contributed by atoms with Gasteiger partial charge < -0.3 is 20.3 Å². The van der Waals surface area contributed by atoms with Crippen LogP contribution in [0.15, 0.2) is 60.9 Å². The van der Waals surface area contributed by atoms with Gasteiger partial charge in [0.2, 0.25) is 5.91 Å². The number of carbonyl (C=O) groups is 3. The van der Waals surface area contributed by atoms with Crippen LogP contribution >= 0.6 is 22.9 Å². The molecule has 2 N–H and O–H groups in total. The fourth-order valence-electron chi connectivity index (χ4n) is 4.97. The number of anilines is 3. The lowest BCUT2D eigenvalue weighted by Gasteiger charge is -2.33. The Labute approximate surface area is 238 Å². The molecule has 4 aromatic rings. The molecule has 0 bridgehead atoms. The van der Waals surface area contributed by atoms with Crippen molar-refractivity contribution in [3.63, 3.8) is 0 Å². The molecular weight excluding hydrogens is 552 g/mol. The number of para-hydroxylation sites is 1. The number of benzene rings is 1. The normalized spacial score (nSPS) is 16.5. The highest BCUT2D eigenvalue weighted by Crippen LogP contribution is 2.45. The molecule has 3 aromatic heterocycles. The summed E-state index contributed by atoms with van der Waals surface area (Å²) in [4.78, 5) is 52.2. The number of pyridine rings is 2. The van der Waals surface area contributed by atoms with E-state index in [1.54, 1.807) is 35.5 Å². The average molecular weight is 577 g/mol. The molecule has 0 saturated carbocycles. The summed E-state index contributed by atoms with van der Waals surface area (Å²) in [6.45, 7) is 1.09. The molecule has 4 amide bonds. The third-order valence-electron chi connectivity index (χ3n) is 6.80. The molecule has 0 radical (unpaired) electrons. The second-order valence-corrected chi connectivity index (χ2v) is 10.8. The molecule has 1 saturated heterocycles. The summed E-state index contributed by atoms with van der Waals surface area (Å²) in [6, 6.07) is 13.9. The smallest absolute Gasteiger partial charge is 0.332 e. The first-order valence-electron chi connectivity index (χ1n) is 12.9. The number of urea groups is 1. The van der Waals surface area contributed by atoms with E-state index in [2.05, 4.69) is 20.6 Å². The molecule has 2 aliphatic rings. The van der Waals surface area contributed by atoms with Crippen molar-refractivity contribution in [3.05, 3.63) is 65.8 Å². The lowest BCUT2D eigenvalue weighted by Crippen LogP contribution is -2.49. The van der Waals surface area contributed by atoms with Gasteiger partial charge in [-0.25, -0.2) is 19.7 Å². The summed E-state index contributed by atoms with van der Waals surface area (Å²) in [6.07, 6.45) is 4.99. The number of thiophene rings is 1. The van der Waals surface area contributed by atoms with Gasteiger partial charge in [0.1, 0.15) is 27.0 Å². The molecule has 0 unspecified atom stereocenters. The molecule has 1 aromatic carbocycles. The molecule has 1 fully saturated rings. The number of ether oxygens (including phenoxy) is 1. The van der Waals surface area contributed by atoms with Crippen molar-refractivity contribution in [2.24, 2.45) is 0 Å². The van der Waals surface area contributed by atoms with Gasteiger partial charge in [0.25, 0.3) is 5.91 Å². The van der Waals surface area contributed by atoms with E-state index in [1.807, 2.05) is 30.3 Å². The summed E-state index contributed by atoms with van der Waals surface area (Å²) >= 11 is 6.95. The molecule has 40 heavy (non-hydrogen) atoms. The molecule has 10 nitrogen and oxygen atoms in total. The average Bonchev–Trinajstić information content (AvgIpc) is 3.34. The fourth-order valence-corrected chi connectivity index (χ4v) is 6.16. The van der Waals surface area contributed by atoms with Gasteiger partial charge in [-0.1, -0.05) is 18.2 Å². The number of likely N-dealkylation sites (tertiary alicyclic amines) is 1. The Hall–Kier alpha value is -4.22. The van der Waals surface area contributed by atoms with Crippen LogP contribution in [0.25, 0.3) is 10.2 Å². The van der Waals surface area contributed by atoms with Crippen LogP contribution in [0.1, 0.15) is 28.9 Å². The first kappa shape index (κ1) is 26.0. The maximum Gasteiger partial charge on any atom is 0.332 e. The van der Waals surface area contributed by atoms with Crippen molar-refractivity contribution in [3.8, 4) is 11.5 Å². The minimum Gasteiger partial charge on any atom is -0.456 e. The highest BCUT2D eigenvalue weighted by atomic mass is 35.5. The zero-order valence-corrected chi connectivity index (χ0v) is 22.9. The minimum atomic E-state index is -0.438. The topological polar surface area (TPSA) is 117 Å². The number of aromatic nitrogens is 2. The molecule has 1 atom stereocenters. The van der Waals surface area contributed by atoms with Gasteiger partial charge >= 0.3 is 6.03 Å². The van der Waals surface area contributed by atoms with Gasteiger partial charge in [-0.2, -0.15) is 0 Å². The molecule has 12 heteroatoms. The van der Waals surface area contributed by atoms with E-state index in [-0.39, 0.29) is 30.2 Å². The number of carbonyl (C=O) groups excluding carboxylic acids is 3. The van der Waals surface area contributed by atoms with Crippen molar-refractivity contribution in [1.82, 2.24) is 20.2 Å². The number of nitrogens with zero attached hydrogens (tertiary/aromatic N) is 4. The number of rotatable bonds is 7. The van der Waals surface area contributed by atoms with Crippen molar-refractivity contribution in [2.75, 3.05) is 29.2 Å². The van der Waals surface area contributed by atoms with E-state index >= 15 is 0 Å². The third kappa shape index (κ3) is 5.05. The molecule has 204 valence electrons. The molecule has 0 aliphatic carbocycles. The van der Waals surface area contributed by atoms with Gasteiger partial charge in [-0.05, 0) is 43.2 Å². The first-order chi connectivity index (χ1) is 19.5. The van der Waals surface area contributed by atoms with Crippen molar-refractivity contribution in [1.29, 1.82) is 0 Å². The Bertz CT molecular complexity index is 1580. The lowest BCUT2D eigenvalue weighted by atomic mass is 10.0. The number of hydrogen-bond donors (Lipinski definition) is 2. The molecule has 6 rings (SSSR count). The number of hydrogen-bond acceptors (Lipinski definition) is 7. The van der Waals surface area contributed by atoms with Crippen LogP contribution < -0.4 is 20.3 Å². The fraction of sp³-hybridized carbons (Fsp3) is 0.250. The van der Waals surface area contributed by atoms with Gasteiger partial charge in [0, 0.05) is 37.6 Å². The highest BCUT2D eigenvalue weighted by molar-refractivity contribution is 7.21. The van der Waals surface area contributed by atoms with E-state index in [1.165, 1.54) is 16.2 Å². The minimum absolute atomic E-state index is 0.0135. The summed E-state index contributed by atoms with van der Waals surface area (Å²) in [5.74, 6) is 1.56. The van der Waals surface area contributed by atoms with Crippen LogP contribution in [0.3, 0.4) is 0 Å². The number of alkyl halides is 1. The Kier molecular flexibility index (Phi) is 7.23. The largest absolute Gasteiger partial charge is 0.456 e. The van der Waals surface area contributed by atoms with Gasteiger partial charge in [-0.3, -0.25) is 9.59 Å². The second-order valence-electron chi connectivity index (χ2n) is 9.44. The predicted molar refractivity (Wildman–Crippen MR) is 154 cm³/mol. The summed E-state index contributed by atoms with van der Waals surface area (Å²) in [5, 5.41) is 6.61. The van der Waals surface area contributed by atoms with Crippen LogP contribution in [0, 0.1) is 0 Å². The number of piperidine rings is 1. The Morgan fingerprint density at radius 1 is 1.12 bits per heavy atom. The third-order valence-corrected chi connectivity index (χ3v) is 8.08. The molecule has 2 aliphatic heterocycles. The van der Waals surface area contributed by atoms with Crippen molar-refractivity contribution in [2.45, 2.75) is 25.3 Å². The number of amides is 4. The zero-order valence-electron chi connectivity index (χ0n) is 21.3. The van der Waals surface area contributed by atoms with E-state index < -0.39 is 6.03 Å². The number of halogens is 1. The monoisotopic (exact) mass is 576 g/mol. The van der Waals surface area contributed by atoms with Gasteiger partial charge in [-0.15, -0.1) is 22.9 Å². The van der Waals surface area contributed by atoms with Gasteiger partial charge in [0.05, 0.1) is 23.0 Å². The van der Waals surface area contributed by atoms with E-state index in [0.717, 1.165) is 12.8 Å². The summed E-state index contributed by atoms with van der Waals surface area (Å²) in [7, 11) is 0. The van der Waals surface area contributed by atoms with Crippen LogP contribution in [0.4, 0.5) is 22.0 Å². The standard InChI is InChI=1S/C28H25ClN6O4S/c29-12-10-22(36)34-14-4-5-17(16-34)32-26(37)25-24-23-20(11-13-30-27(23)40-25)35(28(38)33-24)21-9-8-19(15-31-21)39-18-6-2-1-3-7-18/h1-3,6-9,11,13,15,17H,4-5,10,12,14,16H2,(H,32,37)(H,33,38)/t17-/m0/s1. The second kappa shape index (κ2) is 11.1. The van der Waals surface area contributed by atoms with Crippen molar-refractivity contribution >= 4 is 68.2 Å². The summed E-state index contributed by atoms with van der Waals surface area (Å²) < 4.78 is 5.82. The Morgan fingerprint density at radius 2 is 1.98 bits per heavy atom. The maximum atomic E-state index is 13.4. The van der Waals surface area contributed by atoms with Crippen LogP contribution in [0.2, 0.25) is 0 Å².